The third-order valence-corrected chi connectivity index (χ3v) is 6.76. The maximum atomic E-state index is 11.0. The van der Waals surface area contributed by atoms with Crippen molar-refractivity contribution in [3.8, 4) is 0 Å². The molecular weight excluding hydrogens is 256 g/mol. The van der Waals surface area contributed by atoms with Crippen LogP contribution in [0.4, 0.5) is 0 Å². The van der Waals surface area contributed by atoms with Crippen LogP contribution in [0.1, 0.15) is 73.1 Å². The Morgan fingerprint density at radius 2 is 1.86 bits per heavy atom. The van der Waals surface area contributed by atoms with Crippen LogP contribution in [0.15, 0.2) is 24.3 Å². The van der Waals surface area contributed by atoms with Crippen LogP contribution in [0, 0.1) is 22.7 Å². The van der Waals surface area contributed by atoms with Gasteiger partial charge in [0.1, 0.15) is 0 Å². The molecule has 0 unspecified atom stereocenters. The molecule has 0 aliphatic heterocycles. The van der Waals surface area contributed by atoms with Crippen molar-refractivity contribution in [3.63, 3.8) is 0 Å². The van der Waals surface area contributed by atoms with Crippen molar-refractivity contribution in [3.05, 3.63) is 24.3 Å². The summed E-state index contributed by atoms with van der Waals surface area (Å²) in [5.41, 5.74) is 1.38. The topological polar surface area (TPSA) is 20.2 Å². The first-order valence-electron chi connectivity index (χ1n) is 8.65. The fourth-order valence-electron chi connectivity index (χ4n) is 5.53. The van der Waals surface area contributed by atoms with E-state index in [0.717, 1.165) is 18.8 Å². The lowest BCUT2D eigenvalue weighted by Gasteiger charge is -2.61. The van der Waals surface area contributed by atoms with E-state index in [-0.39, 0.29) is 5.41 Å². The van der Waals surface area contributed by atoms with Gasteiger partial charge in [-0.15, -0.1) is 0 Å². The second-order valence-electron chi connectivity index (χ2n) is 8.74. The third-order valence-electron chi connectivity index (χ3n) is 6.76. The Morgan fingerprint density at radius 3 is 2.48 bits per heavy atom. The Hall–Kier alpha value is -0.560. The maximum absolute atomic E-state index is 11.0. The summed E-state index contributed by atoms with van der Waals surface area (Å²) >= 11 is 0. The molecule has 4 atom stereocenters. The van der Waals surface area contributed by atoms with Crippen molar-refractivity contribution in [2.24, 2.45) is 22.7 Å². The zero-order valence-corrected chi connectivity index (χ0v) is 14.7. The van der Waals surface area contributed by atoms with Crippen LogP contribution in [-0.2, 0) is 0 Å². The van der Waals surface area contributed by atoms with E-state index in [1.54, 1.807) is 0 Å². The molecule has 2 fully saturated rings. The Balaban J connectivity index is 2.35. The molecule has 21 heavy (non-hydrogen) atoms. The lowest BCUT2D eigenvalue weighted by Crippen LogP contribution is -2.57. The molecule has 0 aromatic rings. The summed E-state index contributed by atoms with van der Waals surface area (Å²) in [6, 6.07) is 0. The molecule has 0 saturated heterocycles. The standard InChI is InChI=1S/C20H34O/c1-7-15(2)9-10-17-19(5)13-8-12-18(3,4)16(19)11-14-20(17,6)21/h7,9,16-17,21H,1,8,10-14H2,2-6H3/b15-9-/t16-,17-,19+,20-/m1/s1. The predicted octanol–water partition coefficient (Wildman–Crippen LogP) is 5.50. The molecule has 0 bridgehead atoms. The van der Waals surface area contributed by atoms with Crippen molar-refractivity contribution in [1.29, 1.82) is 0 Å². The monoisotopic (exact) mass is 290 g/mol. The summed E-state index contributed by atoms with van der Waals surface area (Å²) in [5.74, 6) is 1.10. The highest BCUT2D eigenvalue weighted by Gasteiger charge is 2.57. The predicted molar refractivity (Wildman–Crippen MR) is 91.1 cm³/mol. The van der Waals surface area contributed by atoms with Gasteiger partial charge in [-0.2, -0.15) is 0 Å². The fraction of sp³-hybridized carbons (Fsp3) is 0.800. The molecule has 1 heteroatoms. The van der Waals surface area contributed by atoms with E-state index in [2.05, 4.69) is 47.3 Å². The van der Waals surface area contributed by atoms with Gasteiger partial charge in [-0.3, -0.25) is 0 Å². The van der Waals surface area contributed by atoms with Crippen LogP contribution < -0.4 is 0 Å². The van der Waals surface area contributed by atoms with Gasteiger partial charge < -0.3 is 5.11 Å². The highest BCUT2D eigenvalue weighted by molar-refractivity contribution is 5.15. The number of hydrogen-bond donors (Lipinski definition) is 1. The highest BCUT2D eigenvalue weighted by atomic mass is 16.3. The number of hydrogen-bond acceptors (Lipinski definition) is 1. The Morgan fingerprint density at radius 1 is 1.19 bits per heavy atom. The average molecular weight is 290 g/mol. The van der Waals surface area contributed by atoms with Gasteiger partial charge in [0.15, 0.2) is 0 Å². The SMILES string of the molecule is C=C/C(C)=C\C[C@@H]1[C@@]2(C)CCCC(C)(C)[C@H]2CC[C@@]1(C)O. The van der Waals surface area contributed by atoms with Crippen LogP contribution in [0.2, 0.25) is 0 Å². The van der Waals surface area contributed by atoms with Gasteiger partial charge in [0.2, 0.25) is 0 Å². The van der Waals surface area contributed by atoms with Gasteiger partial charge in [0.05, 0.1) is 5.60 Å². The summed E-state index contributed by atoms with van der Waals surface area (Å²) < 4.78 is 0. The fourth-order valence-corrected chi connectivity index (χ4v) is 5.53. The molecule has 1 nitrogen and oxygen atoms in total. The highest BCUT2D eigenvalue weighted by Crippen LogP contribution is 2.62. The second-order valence-corrected chi connectivity index (χ2v) is 8.74. The molecule has 0 heterocycles. The van der Waals surface area contributed by atoms with E-state index in [0.29, 0.717) is 11.3 Å². The van der Waals surface area contributed by atoms with E-state index < -0.39 is 5.60 Å². The van der Waals surface area contributed by atoms with E-state index in [1.165, 1.54) is 31.3 Å². The first-order valence-corrected chi connectivity index (χ1v) is 8.65. The molecule has 2 rings (SSSR count). The Labute approximate surface area is 131 Å². The summed E-state index contributed by atoms with van der Waals surface area (Å²) in [7, 11) is 0. The van der Waals surface area contributed by atoms with Gasteiger partial charge in [-0.1, -0.05) is 51.5 Å². The smallest absolute Gasteiger partial charge is 0.0656 e. The number of aliphatic hydroxyl groups is 1. The molecule has 1 N–H and O–H groups in total. The van der Waals surface area contributed by atoms with E-state index in [9.17, 15) is 5.11 Å². The molecule has 2 aliphatic carbocycles. The molecule has 0 aromatic heterocycles. The summed E-state index contributed by atoms with van der Waals surface area (Å²) in [6.45, 7) is 15.4. The molecule has 0 aromatic carbocycles. The summed E-state index contributed by atoms with van der Waals surface area (Å²) in [5, 5.41) is 11.0. The number of allylic oxidation sites excluding steroid dienone is 3. The molecule has 0 spiro atoms. The van der Waals surface area contributed by atoms with Crippen LogP contribution in [-0.4, -0.2) is 10.7 Å². The lowest BCUT2D eigenvalue weighted by molar-refractivity contribution is -0.165. The largest absolute Gasteiger partial charge is 0.390 e. The average Bonchev–Trinajstić information content (AvgIpc) is 2.35. The van der Waals surface area contributed by atoms with Crippen LogP contribution in [0.3, 0.4) is 0 Å². The molecule has 2 aliphatic rings. The number of rotatable bonds is 3. The number of fused-ring (bicyclic) bond motifs is 1. The van der Waals surface area contributed by atoms with E-state index >= 15 is 0 Å². The van der Waals surface area contributed by atoms with Gasteiger partial charge >= 0.3 is 0 Å². The Bertz CT molecular complexity index is 429. The van der Waals surface area contributed by atoms with Crippen LogP contribution in [0.25, 0.3) is 0 Å². The van der Waals surface area contributed by atoms with Crippen LogP contribution >= 0.6 is 0 Å². The Kier molecular flexibility index (Phi) is 4.46. The second kappa shape index (κ2) is 5.57. The zero-order chi connectivity index (χ0) is 15.9. The van der Waals surface area contributed by atoms with Crippen molar-refractivity contribution < 1.29 is 5.11 Å². The minimum atomic E-state index is -0.531. The molecule has 120 valence electrons. The van der Waals surface area contributed by atoms with Gasteiger partial charge in [-0.25, -0.2) is 0 Å². The van der Waals surface area contributed by atoms with Crippen LogP contribution in [0.5, 0.6) is 0 Å². The van der Waals surface area contributed by atoms with Gasteiger partial charge in [0, 0.05) is 0 Å². The van der Waals surface area contributed by atoms with E-state index in [4.69, 9.17) is 0 Å². The quantitative estimate of drug-likeness (QED) is 0.680. The zero-order valence-electron chi connectivity index (χ0n) is 14.7. The first kappa shape index (κ1) is 16.8. The van der Waals surface area contributed by atoms with Crippen molar-refractivity contribution in [2.45, 2.75) is 78.7 Å². The minimum absolute atomic E-state index is 0.265. The van der Waals surface area contributed by atoms with Crippen molar-refractivity contribution >= 4 is 0 Å². The summed E-state index contributed by atoms with van der Waals surface area (Å²) in [6.07, 6.45) is 11.2. The minimum Gasteiger partial charge on any atom is -0.390 e. The summed E-state index contributed by atoms with van der Waals surface area (Å²) in [4.78, 5) is 0. The molecular formula is C20H34O. The van der Waals surface area contributed by atoms with Gasteiger partial charge in [-0.05, 0) is 68.6 Å². The molecule has 2 saturated carbocycles. The van der Waals surface area contributed by atoms with Gasteiger partial charge in [0.25, 0.3) is 0 Å². The van der Waals surface area contributed by atoms with Crippen molar-refractivity contribution in [1.82, 2.24) is 0 Å². The van der Waals surface area contributed by atoms with Crippen molar-refractivity contribution in [2.75, 3.05) is 0 Å². The normalized spacial score (nSPS) is 43.2. The third kappa shape index (κ3) is 2.99. The lowest BCUT2D eigenvalue weighted by atomic mass is 9.45. The van der Waals surface area contributed by atoms with E-state index in [1.807, 2.05) is 6.08 Å². The molecule has 0 radical (unpaired) electrons. The maximum Gasteiger partial charge on any atom is 0.0656 e. The first-order chi connectivity index (χ1) is 9.63. The molecule has 0 amide bonds.